The number of piperazine rings is 1. The fraction of sp³-hybridized carbons (Fsp3) is 0.476. The minimum Gasteiger partial charge on any atom is -0.464 e. The van der Waals surface area contributed by atoms with Gasteiger partial charge in [0, 0.05) is 43.5 Å². The van der Waals surface area contributed by atoms with Crippen molar-refractivity contribution in [3.8, 4) is 11.3 Å². The van der Waals surface area contributed by atoms with Crippen molar-refractivity contribution in [1.29, 1.82) is 0 Å². The Bertz CT molecular complexity index is 737. The SMILES string of the molecule is O=C(Nc1ccc(-c2ccco2)cc1)N1CCN([C@@H]2CCCC[C@H]2O)CC1. The first-order chi connectivity index (χ1) is 13.2. The number of hydrogen-bond acceptors (Lipinski definition) is 4. The number of anilines is 1. The van der Waals surface area contributed by atoms with Crippen molar-refractivity contribution in [1.82, 2.24) is 9.80 Å². The van der Waals surface area contributed by atoms with E-state index in [0.717, 1.165) is 49.4 Å². The normalized spacial score (nSPS) is 24.0. The molecule has 144 valence electrons. The molecule has 27 heavy (non-hydrogen) atoms. The van der Waals surface area contributed by atoms with E-state index in [1.807, 2.05) is 41.3 Å². The average molecular weight is 369 g/mol. The van der Waals surface area contributed by atoms with E-state index in [-0.39, 0.29) is 18.2 Å². The Morgan fingerprint density at radius 1 is 1.04 bits per heavy atom. The minimum atomic E-state index is -0.216. The molecule has 1 aromatic heterocycles. The monoisotopic (exact) mass is 369 g/mol. The molecule has 0 unspecified atom stereocenters. The second-order valence-corrected chi connectivity index (χ2v) is 7.43. The van der Waals surface area contributed by atoms with Gasteiger partial charge in [0.05, 0.1) is 12.4 Å². The van der Waals surface area contributed by atoms with Gasteiger partial charge in [-0.3, -0.25) is 4.90 Å². The number of urea groups is 1. The quantitative estimate of drug-likeness (QED) is 0.870. The molecule has 4 rings (SSSR count). The Balaban J connectivity index is 1.29. The molecule has 0 radical (unpaired) electrons. The highest BCUT2D eigenvalue weighted by Gasteiger charge is 2.31. The fourth-order valence-electron chi connectivity index (χ4n) is 4.14. The maximum Gasteiger partial charge on any atom is 0.321 e. The number of carbonyl (C=O) groups is 1. The first-order valence-electron chi connectivity index (χ1n) is 9.83. The van der Waals surface area contributed by atoms with Crippen LogP contribution in [-0.2, 0) is 0 Å². The number of nitrogens with zero attached hydrogens (tertiary/aromatic N) is 2. The summed E-state index contributed by atoms with van der Waals surface area (Å²) in [6.07, 6.45) is 5.72. The van der Waals surface area contributed by atoms with E-state index in [1.54, 1.807) is 6.26 Å². The van der Waals surface area contributed by atoms with Gasteiger partial charge in [0.15, 0.2) is 0 Å². The number of furan rings is 1. The molecule has 1 saturated carbocycles. The van der Waals surface area contributed by atoms with E-state index in [2.05, 4.69) is 10.2 Å². The lowest BCUT2D eigenvalue weighted by Gasteiger charge is -2.42. The van der Waals surface area contributed by atoms with Crippen molar-refractivity contribution in [3.05, 3.63) is 42.7 Å². The molecule has 2 N–H and O–H groups in total. The number of amides is 2. The van der Waals surface area contributed by atoms with Crippen LogP contribution in [0.2, 0.25) is 0 Å². The number of carbonyl (C=O) groups excluding carboxylic acids is 1. The maximum absolute atomic E-state index is 12.6. The van der Waals surface area contributed by atoms with Crippen molar-refractivity contribution in [2.45, 2.75) is 37.8 Å². The van der Waals surface area contributed by atoms with Crippen LogP contribution in [0.3, 0.4) is 0 Å². The Labute approximate surface area is 159 Å². The van der Waals surface area contributed by atoms with Crippen LogP contribution in [0.15, 0.2) is 47.1 Å². The van der Waals surface area contributed by atoms with Crippen LogP contribution in [0.5, 0.6) is 0 Å². The third-order valence-corrected chi connectivity index (χ3v) is 5.71. The molecule has 6 heteroatoms. The summed E-state index contributed by atoms with van der Waals surface area (Å²) in [5, 5.41) is 13.2. The van der Waals surface area contributed by atoms with Crippen molar-refractivity contribution in [3.63, 3.8) is 0 Å². The number of hydrogen-bond donors (Lipinski definition) is 2. The zero-order chi connectivity index (χ0) is 18.6. The van der Waals surface area contributed by atoms with E-state index >= 15 is 0 Å². The highest BCUT2D eigenvalue weighted by Crippen LogP contribution is 2.25. The van der Waals surface area contributed by atoms with Gasteiger partial charge in [0.25, 0.3) is 0 Å². The Hall–Kier alpha value is -2.31. The molecule has 0 bridgehead atoms. The van der Waals surface area contributed by atoms with Gasteiger partial charge in [-0.05, 0) is 49.2 Å². The van der Waals surface area contributed by atoms with Gasteiger partial charge in [0.1, 0.15) is 5.76 Å². The summed E-state index contributed by atoms with van der Waals surface area (Å²) in [4.78, 5) is 16.8. The number of rotatable bonds is 3. The van der Waals surface area contributed by atoms with E-state index in [0.29, 0.717) is 13.1 Å². The summed E-state index contributed by atoms with van der Waals surface area (Å²) >= 11 is 0. The average Bonchev–Trinajstić information content (AvgIpc) is 3.24. The molecule has 2 aromatic rings. The van der Waals surface area contributed by atoms with Crippen LogP contribution >= 0.6 is 0 Å². The predicted molar refractivity (Wildman–Crippen MR) is 105 cm³/mol. The van der Waals surface area contributed by atoms with Crippen LogP contribution in [-0.4, -0.2) is 59.3 Å². The summed E-state index contributed by atoms with van der Waals surface area (Å²) in [5.41, 5.74) is 1.76. The van der Waals surface area contributed by atoms with Crippen molar-refractivity contribution >= 4 is 11.7 Å². The third kappa shape index (κ3) is 4.17. The molecular formula is C21H27N3O3. The zero-order valence-electron chi connectivity index (χ0n) is 15.5. The highest BCUT2D eigenvalue weighted by atomic mass is 16.3. The van der Waals surface area contributed by atoms with Gasteiger partial charge in [0.2, 0.25) is 0 Å². The molecular weight excluding hydrogens is 342 g/mol. The Morgan fingerprint density at radius 2 is 1.78 bits per heavy atom. The smallest absolute Gasteiger partial charge is 0.321 e. The minimum absolute atomic E-state index is 0.0652. The van der Waals surface area contributed by atoms with Crippen LogP contribution in [0.4, 0.5) is 10.5 Å². The largest absolute Gasteiger partial charge is 0.464 e. The number of benzene rings is 1. The molecule has 1 aliphatic carbocycles. The summed E-state index contributed by atoms with van der Waals surface area (Å²) in [6.45, 7) is 3.04. The van der Waals surface area contributed by atoms with E-state index in [1.165, 1.54) is 6.42 Å². The molecule has 2 amide bonds. The van der Waals surface area contributed by atoms with Crippen LogP contribution in [0.1, 0.15) is 25.7 Å². The van der Waals surface area contributed by atoms with Gasteiger partial charge < -0.3 is 19.7 Å². The lowest BCUT2D eigenvalue weighted by Crippen LogP contribution is -2.56. The Morgan fingerprint density at radius 3 is 2.44 bits per heavy atom. The third-order valence-electron chi connectivity index (χ3n) is 5.71. The van der Waals surface area contributed by atoms with Gasteiger partial charge in [-0.2, -0.15) is 0 Å². The fourth-order valence-corrected chi connectivity index (χ4v) is 4.14. The summed E-state index contributed by atoms with van der Waals surface area (Å²) in [7, 11) is 0. The van der Waals surface area contributed by atoms with E-state index < -0.39 is 0 Å². The maximum atomic E-state index is 12.6. The van der Waals surface area contributed by atoms with Crippen LogP contribution in [0.25, 0.3) is 11.3 Å². The predicted octanol–water partition coefficient (Wildman–Crippen LogP) is 3.40. The van der Waals surface area contributed by atoms with Crippen LogP contribution in [0, 0.1) is 0 Å². The molecule has 1 saturated heterocycles. The molecule has 1 aliphatic heterocycles. The van der Waals surface area contributed by atoms with E-state index in [4.69, 9.17) is 4.42 Å². The number of nitrogens with one attached hydrogen (secondary N) is 1. The second kappa shape index (κ2) is 8.15. The summed E-state index contributed by atoms with van der Waals surface area (Å²) in [6, 6.07) is 11.6. The molecule has 0 spiro atoms. The first kappa shape index (κ1) is 18.1. The zero-order valence-corrected chi connectivity index (χ0v) is 15.5. The Kier molecular flexibility index (Phi) is 5.45. The molecule has 2 aliphatic rings. The standard InChI is InChI=1S/C21H27N3O3/c25-19-5-2-1-4-18(19)23-11-13-24(14-12-23)21(26)22-17-9-7-16(8-10-17)20-6-3-15-27-20/h3,6-10,15,18-19,25H,1-2,4-5,11-14H2,(H,22,26)/t18-,19-/m1/s1. The number of aliphatic hydroxyl groups is 1. The molecule has 2 atom stereocenters. The molecule has 1 aromatic carbocycles. The van der Waals surface area contributed by atoms with E-state index in [9.17, 15) is 9.90 Å². The van der Waals surface area contributed by atoms with Gasteiger partial charge in [-0.1, -0.05) is 12.8 Å². The lowest BCUT2D eigenvalue weighted by atomic mass is 9.91. The van der Waals surface area contributed by atoms with Gasteiger partial charge in [-0.25, -0.2) is 4.79 Å². The van der Waals surface area contributed by atoms with Crippen molar-refractivity contribution in [2.24, 2.45) is 0 Å². The number of aliphatic hydroxyl groups excluding tert-OH is 1. The summed E-state index contributed by atoms with van der Waals surface area (Å²) < 4.78 is 5.39. The molecule has 2 heterocycles. The van der Waals surface area contributed by atoms with Crippen molar-refractivity contribution < 1.29 is 14.3 Å². The second-order valence-electron chi connectivity index (χ2n) is 7.43. The summed E-state index contributed by atoms with van der Waals surface area (Å²) in [5.74, 6) is 0.814. The van der Waals surface area contributed by atoms with Gasteiger partial charge >= 0.3 is 6.03 Å². The molecule has 2 fully saturated rings. The topological polar surface area (TPSA) is 69.0 Å². The first-order valence-corrected chi connectivity index (χ1v) is 9.83. The highest BCUT2D eigenvalue weighted by molar-refractivity contribution is 5.89. The van der Waals surface area contributed by atoms with Crippen molar-refractivity contribution in [2.75, 3.05) is 31.5 Å². The lowest BCUT2D eigenvalue weighted by molar-refractivity contribution is 0.00275. The van der Waals surface area contributed by atoms with Gasteiger partial charge in [-0.15, -0.1) is 0 Å². The van der Waals surface area contributed by atoms with Crippen LogP contribution < -0.4 is 5.32 Å². The molecule has 6 nitrogen and oxygen atoms in total.